The minimum Gasteiger partial charge on any atom is -0.341 e. The smallest absolute Gasteiger partial charge is 0.341 e. The van der Waals surface area contributed by atoms with Crippen molar-refractivity contribution in [1.82, 2.24) is 10.3 Å². The van der Waals surface area contributed by atoms with E-state index in [0.29, 0.717) is 17.2 Å². The fourth-order valence-corrected chi connectivity index (χ4v) is 2.97. The lowest BCUT2D eigenvalue weighted by Crippen LogP contribution is -2.34. The number of aromatic nitrogens is 1. The van der Waals surface area contributed by atoms with Crippen molar-refractivity contribution in [1.29, 1.82) is 0 Å². The third-order valence-corrected chi connectivity index (χ3v) is 4.44. The zero-order chi connectivity index (χ0) is 22.0. The normalized spacial score (nSPS) is 12.5. The van der Waals surface area contributed by atoms with E-state index >= 15 is 0 Å². The van der Waals surface area contributed by atoms with Crippen LogP contribution in [0, 0.1) is 0 Å². The molecule has 0 saturated heterocycles. The highest BCUT2D eigenvalue weighted by Gasteiger charge is 2.32. The zero-order valence-corrected chi connectivity index (χ0v) is 15.4. The van der Waals surface area contributed by atoms with Crippen LogP contribution in [-0.4, -0.2) is 10.9 Å². The first-order valence-electron chi connectivity index (χ1n) is 8.81. The Kier molecular flexibility index (Phi) is 5.15. The Hall–Kier alpha value is -4.15. The highest BCUT2D eigenvalue weighted by Crippen LogP contribution is 2.28. The maximum Gasteiger partial charge on any atom is 0.431 e. The van der Waals surface area contributed by atoms with Gasteiger partial charge in [-0.1, -0.05) is 36.4 Å². The van der Waals surface area contributed by atoms with Gasteiger partial charge in [0.05, 0.1) is 6.04 Å². The molecule has 0 saturated carbocycles. The Labute approximate surface area is 170 Å². The van der Waals surface area contributed by atoms with Crippen molar-refractivity contribution in [2.24, 2.45) is 0 Å². The molecule has 1 unspecified atom stereocenters. The van der Waals surface area contributed by atoms with Gasteiger partial charge in [-0.2, -0.15) is 13.2 Å². The number of hydrogen-bond donors (Lipinski definition) is 2. The van der Waals surface area contributed by atoms with E-state index < -0.39 is 34.9 Å². The summed E-state index contributed by atoms with van der Waals surface area (Å²) < 4.78 is 56.6. The summed E-state index contributed by atoms with van der Waals surface area (Å²) in [6.07, 6.45) is -4.74. The highest BCUT2D eigenvalue weighted by atomic mass is 19.4. The number of carbonyl (C=O) groups is 1. The Bertz CT molecular complexity index is 1310. The molecule has 31 heavy (non-hydrogen) atoms. The number of rotatable bonds is 4. The van der Waals surface area contributed by atoms with Crippen molar-refractivity contribution in [3.05, 3.63) is 93.4 Å². The number of H-pyrrole nitrogens is 1. The number of fused-ring (bicyclic) bond motifs is 1. The number of nitrogens with one attached hydrogen (secondary N) is 2. The van der Waals surface area contributed by atoms with Gasteiger partial charge in [-0.25, -0.2) is 9.15 Å². The van der Waals surface area contributed by atoms with Gasteiger partial charge in [0.15, 0.2) is 0 Å². The predicted octanol–water partition coefficient (Wildman–Crippen LogP) is 4.56. The Morgan fingerprint density at radius 2 is 1.61 bits per heavy atom. The van der Waals surface area contributed by atoms with Crippen molar-refractivity contribution in [3.63, 3.8) is 0 Å². The standard InChI is InChI=1S/C20H13F3N2O6/c21-20(22,23)16-9-7-13(18(26)24-16)19(27)25-17(11-4-2-1-3-5-11)12-6-8-14-15(10-12)29-31-30-28-14/h1-10,17H,(H,24,26)(H,25,27). The first-order chi connectivity index (χ1) is 14.8. The quantitative estimate of drug-likeness (QED) is 0.455. The van der Waals surface area contributed by atoms with Gasteiger partial charge in [0.1, 0.15) is 11.3 Å². The maximum absolute atomic E-state index is 12.8. The topological polar surface area (TPSA) is 115 Å². The second kappa shape index (κ2) is 7.94. The summed E-state index contributed by atoms with van der Waals surface area (Å²) in [5, 5.41) is 2.66. The van der Waals surface area contributed by atoms with Crippen molar-refractivity contribution < 1.29 is 36.6 Å². The van der Waals surface area contributed by atoms with Crippen LogP contribution in [0.5, 0.6) is 0 Å². The van der Waals surface area contributed by atoms with Gasteiger partial charge in [0, 0.05) is 0 Å². The zero-order valence-electron chi connectivity index (χ0n) is 15.4. The Balaban J connectivity index is 1.71. The summed E-state index contributed by atoms with van der Waals surface area (Å²) in [6.45, 7) is 0. The van der Waals surface area contributed by atoms with E-state index in [1.54, 1.807) is 41.4 Å². The fraction of sp³-hybridized carbons (Fsp3) is 0.100. The molecule has 2 heterocycles. The SMILES string of the molecule is O=C(NC(c1ccccc1)c1ccc2ooooc2c1)c1ccc(C(F)(F)F)[nH]c1=O. The van der Waals surface area contributed by atoms with Crippen molar-refractivity contribution >= 4 is 17.1 Å². The molecule has 0 fully saturated rings. The summed E-state index contributed by atoms with van der Waals surface area (Å²) in [7, 11) is 0. The van der Waals surface area contributed by atoms with Crippen molar-refractivity contribution in [2.45, 2.75) is 12.2 Å². The summed E-state index contributed by atoms with van der Waals surface area (Å²) in [4.78, 5) is 26.5. The van der Waals surface area contributed by atoms with Crippen LogP contribution >= 0.6 is 0 Å². The van der Waals surface area contributed by atoms with Crippen LogP contribution in [-0.2, 0) is 6.18 Å². The first-order valence-corrected chi connectivity index (χ1v) is 8.81. The molecule has 0 bridgehead atoms. The van der Waals surface area contributed by atoms with E-state index in [-0.39, 0.29) is 11.2 Å². The van der Waals surface area contributed by atoms with E-state index in [0.717, 1.165) is 6.07 Å². The molecular weight excluding hydrogens is 421 g/mol. The van der Waals surface area contributed by atoms with Crippen LogP contribution in [0.15, 0.2) is 84.1 Å². The molecule has 0 spiro atoms. The maximum atomic E-state index is 12.8. The van der Waals surface area contributed by atoms with Gasteiger partial charge in [-0.15, -0.1) is 0 Å². The number of benzene rings is 2. The summed E-state index contributed by atoms with van der Waals surface area (Å²) in [5.74, 6) is -0.863. The molecule has 0 aliphatic rings. The largest absolute Gasteiger partial charge is 0.431 e. The average Bonchev–Trinajstić information content (AvgIpc) is 2.77. The lowest BCUT2D eigenvalue weighted by molar-refractivity contribution is -0.295. The molecule has 1 atom stereocenters. The fourth-order valence-electron chi connectivity index (χ4n) is 2.97. The van der Waals surface area contributed by atoms with Gasteiger partial charge in [-0.3, -0.25) is 9.59 Å². The monoisotopic (exact) mass is 434 g/mol. The second-order valence-corrected chi connectivity index (χ2v) is 6.44. The number of hydrogen-bond acceptors (Lipinski definition) is 6. The van der Waals surface area contributed by atoms with Gasteiger partial charge in [-0.05, 0) is 44.9 Å². The molecule has 4 aromatic rings. The molecular formula is C20H13F3N2O6. The van der Waals surface area contributed by atoms with E-state index in [4.69, 9.17) is 9.15 Å². The molecule has 0 aliphatic carbocycles. The van der Waals surface area contributed by atoms with Crippen LogP contribution in [0.25, 0.3) is 11.2 Å². The number of amides is 1. The van der Waals surface area contributed by atoms with Crippen molar-refractivity contribution in [3.8, 4) is 0 Å². The molecule has 11 heteroatoms. The minimum atomic E-state index is -4.74. The van der Waals surface area contributed by atoms with Crippen LogP contribution in [0.2, 0.25) is 0 Å². The molecule has 8 nitrogen and oxygen atoms in total. The van der Waals surface area contributed by atoms with Crippen LogP contribution in [0.4, 0.5) is 13.2 Å². The van der Waals surface area contributed by atoms with E-state index in [9.17, 15) is 22.8 Å². The molecule has 160 valence electrons. The average molecular weight is 434 g/mol. The third kappa shape index (κ3) is 4.25. The predicted molar refractivity (Wildman–Crippen MR) is 98.5 cm³/mol. The summed E-state index contributed by atoms with van der Waals surface area (Å²) in [5.41, 5.74) is -1.31. The number of carbonyl (C=O) groups excluding carboxylic acids is 1. The third-order valence-electron chi connectivity index (χ3n) is 4.44. The first kappa shape index (κ1) is 20.1. The van der Waals surface area contributed by atoms with Gasteiger partial charge < -0.3 is 10.3 Å². The van der Waals surface area contributed by atoms with E-state index in [2.05, 4.69) is 14.8 Å². The molecule has 2 aromatic carbocycles. The molecule has 2 aromatic heterocycles. The molecule has 4 rings (SSSR count). The summed E-state index contributed by atoms with van der Waals surface area (Å²) in [6, 6.07) is 14.1. The number of alkyl halides is 3. The van der Waals surface area contributed by atoms with Crippen LogP contribution in [0.1, 0.15) is 33.2 Å². The number of pyridine rings is 1. The van der Waals surface area contributed by atoms with E-state index in [1.165, 1.54) is 12.1 Å². The molecule has 0 radical (unpaired) electrons. The lowest BCUT2D eigenvalue weighted by Gasteiger charge is -2.20. The van der Waals surface area contributed by atoms with Gasteiger partial charge in [0.25, 0.3) is 11.5 Å². The van der Waals surface area contributed by atoms with E-state index in [1.807, 2.05) is 0 Å². The number of aromatic amines is 1. The Morgan fingerprint density at radius 1 is 0.903 bits per heavy atom. The number of halogens is 3. The summed E-state index contributed by atoms with van der Waals surface area (Å²) >= 11 is 0. The van der Waals surface area contributed by atoms with Crippen LogP contribution < -0.4 is 10.9 Å². The lowest BCUT2D eigenvalue weighted by atomic mass is 9.98. The minimum absolute atomic E-state index is 0.173. The Morgan fingerprint density at radius 3 is 2.29 bits per heavy atom. The second-order valence-electron chi connectivity index (χ2n) is 6.44. The molecule has 1 amide bonds. The van der Waals surface area contributed by atoms with Crippen molar-refractivity contribution in [2.75, 3.05) is 0 Å². The van der Waals surface area contributed by atoms with Gasteiger partial charge >= 0.3 is 6.18 Å². The van der Waals surface area contributed by atoms with Gasteiger partial charge in [0.2, 0.25) is 11.2 Å². The molecule has 0 aliphatic heterocycles. The highest BCUT2D eigenvalue weighted by molar-refractivity contribution is 5.94. The van der Waals surface area contributed by atoms with Crippen LogP contribution in [0.3, 0.4) is 0 Å². The molecule has 2 N–H and O–H groups in total.